The van der Waals surface area contributed by atoms with Gasteiger partial charge in [0.1, 0.15) is 0 Å². The SMILES string of the molecule is Cc1cc(N)c(F)c2c1CCC[C@@]21Cc2nc(O[I-]C34CCCN3C[C@H](F)C4)nc(N3CCCn4nc(C(=O)N(C)C)cc4C3)c2CO1. The van der Waals surface area contributed by atoms with Crippen LogP contribution in [0.4, 0.5) is 20.3 Å². The molecule has 0 bridgehead atoms. The molecular formula is C34H42F2IN8O3-. The van der Waals surface area contributed by atoms with Gasteiger partial charge in [0.15, 0.2) is 0 Å². The summed E-state index contributed by atoms with van der Waals surface area (Å²) in [6.07, 6.45) is 5.09. The van der Waals surface area contributed by atoms with Gasteiger partial charge in [-0.1, -0.05) is 0 Å². The van der Waals surface area contributed by atoms with Crippen LogP contribution in [0, 0.1) is 12.7 Å². The summed E-state index contributed by atoms with van der Waals surface area (Å²) in [5.41, 5.74) is 10.9. The van der Waals surface area contributed by atoms with Crippen molar-refractivity contribution in [3.63, 3.8) is 0 Å². The summed E-state index contributed by atoms with van der Waals surface area (Å²) in [4.78, 5) is 28.8. The topological polar surface area (TPSA) is 115 Å². The van der Waals surface area contributed by atoms with Crippen molar-refractivity contribution in [3.05, 3.63) is 57.3 Å². The molecular weight excluding hydrogens is 733 g/mol. The van der Waals surface area contributed by atoms with Crippen molar-refractivity contribution in [1.82, 2.24) is 29.5 Å². The van der Waals surface area contributed by atoms with E-state index in [9.17, 15) is 9.18 Å². The van der Waals surface area contributed by atoms with Crippen LogP contribution in [0.1, 0.15) is 82.7 Å². The number of amides is 1. The molecule has 2 saturated heterocycles. The third kappa shape index (κ3) is 5.32. The number of hydrogen-bond donors (Lipinski definition) is 1. The van der Waals surface area contributed by atoms with Crippen molar-refractivity contribution >= 4 is 17.4 Å². The van der Waals surface area contributed by atoms with E-state index in [1.165, 1.54) is 4.90 Å². The summed E-state index contributed by atoms with van der Waals surface area (Å²) in [6.45, 7) is 5.43. The first kappa shape index (κ1) is 32.1. The number of benzene rings is 1. The number of fused-ring (bicyclic) bond motifs is 5. The number of anilines is 2. The molecule has 1 spiro atoms. The molecule has 48 heavy (non-hydrogen) atoms. The van der Waals surface area contributed by atoms with Gasteiger partial charge < -0.3 is 0 Å². The molecule has 1 aliphatic carbocycles. The van der Waals surface area contributed by atoms with Gasteiger partial charge in [0.2, 0.25) is 0 Å². The number of aromatic nitrogens is 4. The maximum atomic E-state index is 15.9. The minimum absolute atomic E-state index is 0.135. The predicted octanol–water partition coefficient (Wildman–Crippen LogP) is 1.04. The number of ether oxygens (including phenoxy) is 1. The Balaban J connectivity index is 1.18. The van der Waals surface area contributed by atoms with Gasteiger partial charge in [-0.05, 0) is 0 Å². The van der Waals surface area contributed by atoms with E-state index < -0.39 is 39.2 Å². The normalized spacial score (nSPS) is 26.6. The molecule has 258 valence electrons. The predicted molar refractivity (Wildman–Crippen MR) is 170 cm³/mol. The zero-order valence-electron chi connectivity index (χ0n) is 27.7. The van der Waals surface area contributed by atoms with E-state index >= 15 is 4.39 Å². The fourth-order valence-electron chi connectivity index (χ4n) is 8.50. The van der Waals surface area contributed by atoms with Gasteiger partial charge in [0.05, 0.1) is 0 Å². The number of halogens is 3. The maximum absolute atomic E-state index is 15.9. The standard InChI is InChI=1S/C34H42F2IN8O3/c1-20-13-25(38)29(36)28-23(20)7-4-8-33(28)16-27-24(19-47-33)30(40-32(39-27)48-37-34-9-5-11-44(34)17-21(35)15-34)43-10-6-12-45-22(18-43)14-26(41-45)31(46)42(2)3/h13-14,21H,4-12,15-19,38H2,1-3H3/q-1/t21-,33-,34?/m1/s1. The van der Waals surface area contributed by atoms with Gasteiger partial charge in [0.25, 0.3) is 0 Å². The van der Waals surface area contributed by atoms with E-state index in [-0.39, 0.29) is 21.7 Å². The number of hydrogen-bond acceptors (Lipinski definition) is 9. The third-order valence-corrected chi connectivity index (χ3v) is 13.9. The number of carbonyl (C=O) groups excluding carboxylic acids is 1. The average Bonchev–Trinajstić information content (AvgIpc) is 3.68. The number of aryl methyl sites for hydroxylation is 2. The molecule has 4 aliphatic heterocycles. The summed E-state index contributed by atoms with van der Waals surface area (Å²) >= 11 is -0.956. The van der Waals surface area contributed by atoms with E-state index in [1.54, 1.807) is 20.2 Å². The van der Waals surface area contributed by atoms with Gasteiger partial charge in [-0.3, -0.25) is 0 Å². The van der Waals surface area contributed by atoms with Crippen LogP contribution in [-0.4, -0.2) is 78.9 Å². The van der Waals surface area contributed by atoms with Crippen molar-refractivity contribution in [2.45, 2.75) is 93.3 Å². The van der Waals surface area contributed by atoms with Crippen LogP contribution in [-0.2, 0) is 42.9 Å². The Morgan fingerprint density at radius 3 is 2.83 bits per heavy atom. The second kappa shape index (κ2) is 12.0. The molecule has 1 amide bonds. The van der Waals surface area contributed by atoms with Gasteiger partial charge in [-0.25, -0.2) is 0 Å². The number of rotatable bonds is 5. The molecule has 0 radical (unpaired) electrons. The first-order chi connectivity index (χ1) is 23.1. The number of nitrogen functional groups attached to an aromatic ring is 1. The minimum atomic E-state index is -0.956. The quantitative estimate of drug-likeness (QED) is 0.176. The fraction of sp³-hybridized carbons (Fsp3) is 0.588. The van der Waals surface area contributed by atoms with Crippen molar-refractivity contribution in [2.24, 2.45) is 0 Å². The fourth-order valence-corrected chi connectivity index (χ4v) is 11.3. The molecule has 2 fully saturated rings. The second-order valence-corrected chi connectivity index (χ2v) is 17.0. The summed E-state index contributed by atoms with van der Waals surface area (Å²) < 4.78 is 45.5. The Morgan fingerprint density at radius 2 is 2.00 bits per heavy atom. The molecule has 5 aliphatic rings. The van der Waals surface area contributed by atoms with Gasteiger partial charge in [-0.15, -0.1) is 0 Å². The van der Waals surface area contributed by atoms with E-state index in [0.29, 0.717) is 62.7 Å². The van der Waals surface area contributed by atoms with Gasteiger partial charge in [0, 0.05) is 0 Å². The summed E-state index contributed by atoms with van der Waals surface area (Å²) in [5, 5.41) is 4.62. The molecule has 1 unspecified atom stereocenters. The zero-order valence-corrected chi connectivity index (χ0v) is 29.9. The van der Waals surface area contributed by atoms with Crippen molar-refractivity contribution in [3.8, 4) is 6.01 Å². The van der Waals surface area contributed by atoms with Crippen LogP contribution in [0.25, 0.3) is 0 Å². The van der Waals surface area contributed by atoms with E-state index in [1.807, 2.05) is 17.7 Å². The molecule has 14 heteroatoms. The Hall–Kier alpha value is -3.11. The molecule has 8 rings (SSSR count). The molecule has 11 nitrogen and oxygen atoms in total. The van der Waals surface area contributed by atoms with Crippen LogP contribution in [0.2, 0.25) is 0 Å². The molecule has 2 aromatic heterocycles. The van der Waals surface area contributed by atoms with Crippen LogP contribution in [0.15, 0.2) is 12.1 Å². The van der Waals surface area contributed by atoms with Crippen molar-refractivity contribution < 1.29 is 43.0 Å². The van der Waals surface area contributed by atoms with E-state index in [2.05, 4.69) is 14.9 Å². The van der Waals surface area contributed by atoms with E-state index in [4.69, 9.17) is 23.5 Å². The first-order valence-corrected chi connectivity index (χ1v) is 18.9. The van der Waals surface area contributed by atoms with Gasteiger partial charge in [-0.2, -0.15) is 0 Å². The number of carbonyl (C=O) groups is 1. The zero-order chi connectivity index (χ0) is 33.4. The monoisotopic (exact) mass is 775 g/mol. The van der Waals surface area contributed by atoms with Crippen LogP contribution >= 0.6 is 0 Å². The van der Waals surface area contributed by atoms with Crippen molar-refractivity contribution in [2.75, 3.05) is 44.4 Å². The summed E-state index contributed by atoms with van der Waals surface area (Å²) in [6, 6.07) is 3.87. The first-order valence-electron chi connectivity index (χ1n) is 16.9. The Labute approximate surface area is 290 Å². The van der Waals surface area contributed by atoms with Crippen LogP contribution < -0.4 is 35.3 Å². The summed E-state index contributed by atoms with van der Waals surface area (Å²) in [5.74, 6) is 0.181. The Kier molecular flexibility index (Phi) is 8.06. The molecule has 3 atom stereocenters. The Morgan fingerprint density at radius 1 is 1.15 bits per heavy atom. The van der Waals surface area contributed by atoms with E-state index in [0.717, 1.165) is 72.5 Å². The van der Waals surface area contributed by atoms with Crippen molar-refractivity contribution in [1.29, 1.82) is 0 Å². The number of nitrogens with zero attached hydrogens (tertiary/aromatic N) is 7. The Bertz CT molecular complexity index is 1790. The molecule has 3 aromatic rings. The molecule has 0 saturated carbocycles. The molecule has 1 aromatic carbocycles. The molecule has 2 N–H and O–H groups in total. The molecule has 6 heterocycles. The number of alkyl halides is 2. The summed E-state index contributed by atoms with van der Waals surface area (Å²) in [7, 11) is 3.44. The average molecular weight is 776 g/mol. The van der Waals surface area contributed by atoms with Crippen LogP contribution in [0.3, 0.4) is 0 Å². The van der Waals surface area contributed by atoms with Crippen LogP contribution in [0.5, 0.6) is 6.01 Å². The number of nitrogens with two attached hydrogens (primary N) is 1. The second-order valence-electron chi connectivity index (χ2n) is 14.2. The third-order valence-electron chi connectivity index (χ3n) is 10.8. The van der Waals surface area contributed by atoms with Gasteiger partial charge >= 0.3 is 291 Å².